The highest BCUT2D eigenvalue weighted by atomic mass is 32.2. The first-order valence-corrected chi connectivity index (χ1v) is 13.0. The van der Waals surface area contributed by atoms with Gasteiger partial charge in [0.15, 0.2) is 0 Å². The normalized spacial score (nSPS) is 15.9. The van der Waals surface area contributed by atoms with Gasteiger partial charge in [0.25, 0.3) is 0 Å². The van der Waals surface area contributed by atoms with Crippen molar-refractivity contribution in [1.82, 2.24) is 14.5 Å². The molecule has 0 bridgehead atoms. The molecule has 0 aliphatic carbocycles. The molecule has 3 rings (SSSR count). The molecule has 0 aromatic heterocycles. The summed E-state index contributed by atoms with van der Waals surface area (Å²) in [4.78, 5) is 2.73. The lowest BCUT2D eigenvalue weighted by molar-refractivity contribution is 0.186. The summed E-state index contributed by atoms with van der Waals surface area (Å²) in [5, 5.41) is 3.54. The third-order valence-corrected chi connectivity index (χ3v) is 7.74. The van der Waals surface area contributed by atoms with E-state index in [1.165, 1.54) is 11.1 Å². The van der Waals surface area contributed by atoms with Crippen molar-refractivity contribution >= 4 is 10.0 Å². The van der Waals surface area contributed by atoms with Gasteiger partial charge in [-0.1, -0.05) is 44.2 Å². The van der Waals surface area contributed by atoms with E-state index in [2.05, 4.69) is 43.1 Å². The molecule has 176 valence electrons. The maximum absolute atomic E-state index is 12.7. The van der Waals surface area contributed by atoms with E-state index in [-0.39, 0.29) is 0 Å². The monoisotopic (exact) mass is 459 g/mol. The number of benzene rings is 2. The van der Waals surface area contributed by atoms with E-state index in [9.17, 15) is 8.42 Å². The zero-order valence-corrected chi connectivity index (χ0v) is 20.4. The minimum absolute atomic E-state index is 0.381. The average Bonchev–Trinajstić information content (AvgIpc) is 2.80. The van der Waals surface area contributed by atoms with Crippen molar-refractivity contribution in [3.8, 4) is 5.75 Å². The zero-order valence-electron chi connectivity index (χ0n) is 19.6. The Kier molecular flexibility index (Phi) is 9.11. The van der Waals surface area contributed by atoms with E-state index in [1.807, 2.05) is 12.1 Å². The SMILES string of the molecule is Cc1c(CNCCCN2CCN(S(=O)(=O)c3ccccc3)CC2)cccc1OCC(C)C. The number of hydrogen-bond donors (Lipinski definition) is 1. The Bertz CT molecular complexity index is 940. The largest absolute Gasteiger partial charge is 0.493 e. The number of nitrogens with one attached hydrogen (secondary N) is 1. The molecule has 1 saturated heterocycles. The van der Waals surface area contributed by atoms with Crippen molar-refractivity contribution in [3.63, 3.8) is 0 Å². The minimum Gasteiger partial charge on any atom is -0.493 e. The molecule has 1 aliphatic heterocycles. The molecule has 0 unspecified atom stereocenters. The second-order valence-electron chi connectivity index (χ2n) is 8.83. The molecule has 0 spiro atoms. The van der Waals surface area contributed by atoms with Crippen molar-refractivity contribution in [2.24, 2.45) is 5.92 Å². The quantitative estimate of drug-likeness (QED) is 0.521. The molecule has 0 saturated carbocycles. The third-order valence-electron chi connectivity index (χ3n) is 5.82. The van der Waals surface area contributed by atoms with Crippen LogP contribution in [-0.4, -0.2) is 63.5 Å². The molecule has 1 heterocycles. The van der Waals surface area contributed by atoms with Gasteiger partial charge in [0, 0.05) is 32.7 Å². The van der Waals surface area contributed by atoms with Gasteiger partial charge in [-0.2, -0.15) is 4.31 Å². The van der Waals surface area contributed by atoms with Gasteiger partial charge in [0.05, 0.1) is 11.5 Å². The Morgan fingerprint density at radius 2 is 1.72 bits per heavy atom. The van der Waals surface area contributed by atoms with Crippen LogP contribution in [0.1, 0.15) is 31.4 Å². The van der Waals surface area contributed by atoms with E-state index >= 15 is 0 Å². The summed E-state index contributed by atoms with van der Waals surface area (Å²) >= 11 is 0. The van der Waals surface area contributed by atoms with Gasteiger partial charge >= 0.3 is 0 Å². The highest BCUT2D eigenvalue weighted by molar-refractivity contribution is 7.89. The lowest BCUT2D eigenvalue weighted by atomic mass is 10.1. The van der Waals surface area contributed by atoms with Crippen molar-refractivity contribution in [2.45, 2.75) is 38.6 Å². The van der Waals surface area contributed by atoms with E-state index < -0.39 is 10.0 Å². The van der Waals surface area contributed by atoms with Crippen LogP contribution in [0.3, 0.4) is 0 Å². The van der Waals surface area contributed by atoms with Crippen LogP contribution in [0.2, 0.25) is 0 Å². The number of rotatable bonds is 11. The van der Waals surface area contributed by atoms with Gasteiger partial charge in [-0.25, -0.2) is 8.42 Å². The Morgan fingerprint density at radius 1 is 1.00 bits per heavy atom. The summed E-state index contributed by atoms with van der Waals surface area (Å²) in [6.45, 7) is 12.6. The summed E-state index contributed by atoms with van der Waals surface area (Å²) in [6.07, 6.45) is 1.04. The fourth-order valence-corrected chi connectivity index (χ4v) is 5.29. The number of sulfonamides is 1. The van der Waals surface area contributed by atoms with Crippen molar-refractivity contribution in [3.05, 3.63) is 59.7 Å². The van der Waals surface area contributed by atoms with Crippen LogP contribution >= 0.6 is 0 Å². The second-order valence-corrected chi connectivity index (χ2v) is 10.8. The molecule has 6 nitrogen and oxygen atoms in total. The van der Waals surface area contributed by atoms with Gasteiger partial charge in [0.1, 0.15) is 5.75 Å². The van der Waals surface area contributed by atoms with Gasteiger partial charge in [0.2, 0.25) is 10.0 Å². The first kappa shape index (κ1) is 24.7. The maximum Gasteiger partial charge on any atom is 0.243 e. The molecule has 0 radical (unpaired) electrons. The fourth-order valence-electron chi connectivity index (χ4n) is 3.85. The number of hydrogen-bond acceptors (Lipinski definition) is 5. The molecule has 7 heteroatoms. The summed E-state index contributed by atoms with van der Waals surface area (Å²) in [6, 6.07) is 15.0. The predicted octanol–water partition coefficient (Wildman–Crippen LogP) is 3.52. The maximum atomic E-state index is 12.7. The lowest BCUT2D eigenvalue weighted by Gasteiger charge is -2.34. The minimum atomic E-state index is -3.38. The van der Waals surface area contributed by atoms with E-state index in [1.54, 1.807) is 28.6 Å². The Morgan fingerprint density at radius 3 is 2.41 bits per heavy atom. The number of piperazine rings is 1. The standard InChI is InChI=1S/C25H37N3O3S/c1-21(2)20-31-25-12-7-9-23(22(25)3)19-26-13-8-14-27-15-17-28(18-16-27)32(29,30)24-10-5-4-6-11-24/h4-7,9-12,21,26H,8,13-20H2,1-3H3. The molecular weight excluding hydrogens is 422 g/mol. The van der Waals surface area contributed by atoms with Crippen molar-refractivity contribution in [1.29, 1.82) is 0 Å². The molecule has 1 N–H and O–H groups in total. The lowest BCUT2D eigenvalue weighted by Crippen LogP contribution is -2.48. The first-order valence-electron chi connectivity index (χ1n) is 11.6. The summed E-state index contributed by atoms with van der Waals surface area (Å²) in [5.74, 6) is 1.48. The third kappa shape index (κ3) is 6.78. The van der Waals surface area contributed by atoms with Crippen LogP contribution in [-0.2, 0) is 16.6 Å². The van der Waals surface area contributed by atoms with Crippen molar-refractivity contribution in [2.75, 3.05) is 45.9 Å². The summed E-state index contributed by atoms with van der Waals surface area (Å²) in [5.41, 5.74) is 2.47. The molecule has 2 aromatic rings. The Hall–Kier alpha value is -1.93. The van der Waals surface area contributed by atoms with Crippen LogP contribution in [0.15, 0.2) is 53.4 Å². The molecule has 0 amide bonds. The number of nitrogens with zero attached hydrogens (tertiary/aromatic N) is 2. The van der Waals surface area contributed by atoms with Crippen molar-refractivity contribution < 1.29 is 13.2 Å². The molecular formula is C25H37N3O3S. The van der Waals surface area contributed by atoms with Gasteiger partial charge in [-0.15, -0.1) is 0 Å². The van der Waals surface area contributed by atoms with Gasteiger partial charge in [-0.3, -0.25) is 0 Å². The summed E-state index contributed by atoms with van der Waals surface area (Å²) in [7, 11) is -3.38. The average molecular weight is 460 g/mol. The zero-order chi connectivity index (χ0) is 23.0. The number of ether oxygens (including phenoxy) is 1. The van der Waals surface area contributed by atoms with E-state index in [4.69, 9.17) is 4.74 Å². The highest BCUT2D eigenvalue weighted by Gasteiger charge is 2.27. The van der Waals surface area contributed by atoms with Gasteiger partial charge < -0.3 is 15.0 Å². The summed E-state index contributed by atoms with van der Waals surface area (Å²) < 4.78 is 33.0. The molecule has 0 atom stereocenters. The molecule has 1 fully saturated rings. The van der Waals surface area contributed by atoms with Crippen LogP contribution in [0.4, 0.5) is 0 Å². The van der Waals surface area contributed by atoms with Crippen LogP contribution < -0.4 is 10.1 Å². The smallest absolute Gasteiger partial charge is 0.243 e. The second kappa shape index (κ2) is 11.8. The topological polar surface area (TPSA) is 61.9 Å². The van der Waals surface area contributed by atoms with Crippen LogP contribution in [0.5, 0.6) is 5.75 Å². The predicted molar refractivity (Wildman–Crippen MR) is 129 cm³/mol. The molecule has 1 aliphatic rings. The Labute approximate surface area is 193 Å². The molecule has 32 heavy (non-hydrogen) atoms. The first-order chi connectivity index (χ1) is 15.4. The van der Waals surface area contributed by atoms with E-state index in [0.29, 0.717) is 23.9 Å². The fraction of sp³-hybridized carbons (Fsp3) is 0.520. The van der Waals surface area contributed by atoms with Crippen LogP contribution in [0.25, 0.3) is 0 Å². The van der Waals surface area contributed by atoms with Gasteiger partial charge in [-0.05, 0) is 61.7 Å². The van der Waals surface area contributed by atoms with Crippen LogP contribution in [0, 0.1) is 12.8 Å². The Balaban J connectivity index is 1.37. The molecule has 2 aromatic carbocycles. The highest BCUT2D eigenvalue weighted by Crippen LogP contribution is 2.22. The van der Waals surface area contributed by atoms with E-state index in [0.717, 1.165) is 51.5 Å².